The van der Waals surface area contributed by atoms with Crippen LogP contribution in [-0.2, 0) is 22.6 Å². The fourth-order valence-electron chi connectivity index (χ4n) is 3.84. The van der Waals surface area contributed by atoms with E-state index in [0.29, 0.717) is 37.6 Å². The number of thioether (sulfide) groups is 1. The highest BCUT2D eigenvalue weighted by atomic mass is 79.9. The Morgan fingerprint density at radius 2 is 1.64 bits per heavy atom. The number of nitrogens with one attached hydrogen (secondary N) is 1. The van der Waals surface area contributed by atoms with E-state index in [1.807, 2.05) is 54.6 Å². The normalized spacial score (nSPS) is 11.8. The largest absolute Gasteiger partial charge is 0.354 e. The van der Waals surface area contributed by atoms with E-state index in [1.165, 1.54) is 5.56 Å². The Labute approximate surface area is 228 Å². The number of nitrogens with zero attached hydrogens (tertiary/aromatic N) is 1. The van der Waals surface area contributed by atoms with Gasteiger partial charge in [-0.25, -0.2) is 0 Å². The van der Waals surface area contributed by atoms with E-state index in [1.54, 1.807) is 16.7 Å². The van der Waals surface area contributed by atoms with Crippen LogP contribution < -0.4 is 5.32 Å². The number of carbonyl (C=O) groups is 2. The summed E-state index contributed by atoms with van der Waals surface area (Å²) in [5.74, 6) is 0.853. The first-order chi connectivity index (χ1) is 17.3. The molecule has 1 N–H and O–H groups in total. The Balaban J connectivity index is 1.83. The molecular weight excluding hydrogens is 532 g/mol. The van der Waals surface area contributed by atoms with Crippen molar-refractivity contribution in [1.29, 1.82) is 0 Å². The molecule has 0 aliphatic heterocycles. The molecule has 0 radical (unpaired) electrons. The Bertz CT molecular complexity index is 1120. The first-order valence-corrected chi connectivity index (χ1v) is 14.1. The minimum absolute atomic E-state index is 0.0183. The second-order valence-electron chi connectivity index (χ2n) is 9.41. The minimum Gasteiger partial charge on any atom is -0.354 e. The molecule has 36 heavy (non-hydrogen) atoms. The van der Waals surface area contributed by atoms with Gasteiger partial charge in [-0.3, -0.25) is 9.59 Å². The van der Waals surface area contributed by atoms with Gasteiger partial charge in [-0.2, -0.15) is 0 Å². The van der Waals surface area contributed by atoms with E-state index in [4.69, 9.17) is 0 Å². The molecule has 3 rings (SSSR count). The topological polar surface area (TPSA) is 49.4 Å². The molecule has 1 atom stereocenters. The van der Waals surface area contributed by atoms with E-state index >= 15 is 0 Å². The van der Waals surface area contributed by atoms with Gasteiger partial charge in [-0.15, -0.1) is 11.8 Å². The van der Waals surface area contributed by atoms with Gasteiger partial charge >= 0.3 is 0 Å². The van der Waals surface area contributed by atoms with Crippen LogP contribution in [0.1, 0.15) is 37.0 Å². The zero-order chi connectivity index (χ0) is 25.9. The summed E-state index contributed by atoms with van der Waals surface area (Å²) in [4.78, 5) is 30.0. The monoisotopic (exact) mass is 566 g/mol. The lowest BCUT2D eigenvalue weighted by molar-refractivity contribution is -0.141. The lowest BCUT2D eigenvalue weighted by atomic mass is 10.0. The summed E-state index contributed by atoms with van der Waals surface area (Å²) in [6.45, 7) is 7.15. The molecule has 0 bridgehead atoms. The Kier molecular flexibility index (Phi) is 11.1. The van der Waals surface area contributed by atoms with E-state index in [2.05, 4.69) is 66.3 Å². The molecule has 4 nitrogen and oxygen atoms in total. The lowest BCUT2D eigenvalue weighted by Crippen LogP contribution is -2.51. The van der Waals surface area contributed by atoms with E-state index in [9.17, 15) is 9.59 Å². The molecule has 0 spiro atoms. The Morgan fingerprint density at radius 3 is 2.31 bits per heavy atom. The minimum atomic E-state index is -0.595. The van der Waals surface area contributed by atoms with E-state index < -0.39 is 6.04 Å². The van der Waals surface area contributed by atoms with Gasteiger partial charge in [-0.05, 0) is 48.2 Å². The van der Waals surface area contributed by atoms with Crippen LogP contribution in [0.4, 0.5) is 0 Å². The highest BCUT2D eigenvalue weighted by Gasteiger charge is 2.30. The number of carbonyl (C=O) groups excluding carboxylic acids is 2. The lowest BCUT2D eigenvalue weighted by Gasteiger charge is -2.32. The molecule has 2 amide bonds. The first kappa shape index (κ1) is 28.0. The number of amides is 2. The molecule has 6 heteroatoms. The van der Waals surface area contributed by atoms with Gasteiger partial charge in [0.05, 0.1) is 0 Å². The van der Waals surface area contributed by atoms with Crippen molar-refractivity contribution in [2.45, 2.75) is 51.1 Å². The van der Waals surface area contributed by atoms with E-state index in [-0.39, 0.29) is 11.8 Å². The summed E-state index contributed by atoms with van der Waals surface area (Å²) >= 11 is 5.20. The second kappa shape index (κ2) is 14.2. The third kappa shape index (κ3) is 9.14. The first-order valence-electron chi connectivity index (χ1n) is 12.4. The van der Waals surface area contributed by atoms with Crippen LogP contribution in [0.25, 0.3) is 0 Å². The number of aryl methyl sites for hydroxylation is 1. The molecule has 3 aromatic rings. The Hall–Kier alpha value is -2.57. The van der Waals surface area contributed by atoms with Crippen molar-refractivity contribution in [3.05, 3.63) is 100 Å². The van der Waals surface area contributed by atoms with Crippen molar-refractivity contribution in [1.82, 2.24) is 10.2 Å². The fraction of sp³-hybridized carbons (Fsp3) is 0.333. The maximum atomic E-state index is 13.7. The molecule has 0 fully saturated rings. The Morgan fingerprint density at radius 1 is 0.944 bits per heavy atom. The van der Waals surface area contributed by atoms with Crippen LogP contribution in [0, 0.1) is 12.8 Å². The molecule has 0 unspecified atom stereocenters. The molecule has 0 aliphatic carbocycles. The van der Waals surface area contributed by atoms with Gasteiger partial charge in [-0.1, -0.05) is 89.9 Å². The van der Waals surface area contributed by atoms with Crippen LogP contribution in [0.2, 0.25) is 0 Å². The summed E-state index contributed by atoms with van der Waals surface area (Å²) in [6.07, 6.45) is 0.824. The summed E-state index contributed by atoms with van der Waals surface area (Å²) in [7, 11) is 0. The maximum absolute atomic E-state index is 13.7. The van der Waals surface area contributed by atoms with Crippen LogP contribution in [0.15, 0.2) is 88.2 Å². The van der Waals surface area contributed by atoms with Gasteiger partial charge < -0.3 is 10.2 Å². The average molecular weight is 568 g/mol. The fourth-order valence-corrected chi connectivity index (χ4v) is 5.13. The molecule has 0 aliphatic rings. The van der Waals surface area contributed by atoms with Crippen molar-refractivity contribution in [3.63, 3.8) is 0 Å². The zero-order valence-electron chi connectivity index (χ0n) is 21.2. The predicted molar refractivity (Wildman–Crippen MR) is 153 cm³/mol. The summed E-state index contributed by atoms with van der Waals surface area (Å²) in [5, 5.41) is 3.07. The molecule has 0 heterocycles. The number of benzene rings is 3. The molecule has 0 saturated carbocycles. The second-order valence-corrected chi connectivity index (χ2v) is 11.5. The van der Waals surface area contributed by atoms with Crippen LogP contribution in [0.5, 0.6) is 0 Å². The highest BCUT2D eigenvalue weighted by molar-refractivity contribution is 9.10. The van der Waals surface area contributed by atoms with Gasteiger partial charge in [0.2, 0.25) is 11.8 Å². The van der Waals surface area contributed by atoms with Gasteiger partial charge in [0.1, 0.15) is 6.04 Å². The number of halogens is 1. The van der Waals surface area contributed by atoms with Gasteiger partial charge in [0.15, 0.2) is 0 Å². The molecule has 0 aromatic heterocycles. The number of hydrogen-bond donors (Lipinski definition) is 1. The third-order valence-electron chi connectivity index (χ3n) is 5.80. The summed E-state index contributed by atoms with van der Waals surface area (Å²) in [5.41, 5.74) is 3.23. The SMILES string of the molecule is Cc1ccc(SCCC(=O)N(Cc2cccc(Br)c2)[C@@H](Cc2ccccc2)C(=O)NCC(C)C)cc1. The molecule has 0 saturated heterocycles. The van der Waals surface area contributed by atoms with Crippen LogP contribution in [0.3, 0.4) is 0 Å². The van der Waals surface area contributed by atoms with Crippen molar-refractivity contribution in [3.8, 4) is 0 Å². The van der Waals surface area contributed by atoms with Crippen molar-refractivity contribution >= 4 is 39.5 Å². The molecular formula is C30H35BrN2O2S. The maximum Gasteiger partial charge on any atom is 0.243 e. The summed E-state index contributed by atoms with van der Waals surface area (Å²) < 4.78 is 0.950. The van der Waals surface area contributed by atoms with Crippen molar-refractivity contribution in [2.75, 3.05) is 12.3 Å². The third-order valence-corrected chi connectivity index (χ3v) is 7.31. The van der Waals surface area contributed by atoms with Crippen molar-refractivity contribution < 1.29 is 9.59 Å². The molecule has 3 aromatic carbocycles. The van der Waals surface area contributed by atoms with Crippen LogP contribution >= 0.6 is 27.7 Å². The predicted octanol–water partition coefficient (Wildman–Crippen LogP) is 6.65. The van der Waals surface area contributed by atoms with Crippen molar-refractivity contribution in [2.24, 2.45) is 5.92 Å². The zero-order valence-corrected chi connectivity index (χ0v) is 23.6. The number of hydrogen-bond acceptors (Lipinski definition) is 3. The number of rotatable bonds is 12. The molecule has 190 valence electrons. The van der Waals surface area contributed by atoms with Gasteiger partial charge in [0, 0.05) is 41.1 Å². The smallest absolute Gasteiger partial charge is 0.243 e. The highest BCUT2D eigenvalue weighted by Crippen LogP contribution is 2.22. The van der Waals surface area contributed by atoms with Gasteiger partial charge in [0.25, 0.3) is 0 Å². The summed E-state index contributed by atoms with van der Waals surface area (Å²) in [6, 6.07) is 25.6. The standard InChI is InChI=1S/C30H35BrN2O2S/c1-22(2)20-32-30(35)28(19-24-8-5-4-6-9-24)33(21-25-10-7-11-26(31)18-25)29(34)16-17-36-27-14-12-23(3)13-15-27/h4-15,18,22,28H,16-17,19-21H2,1-3H3,(H,32,35)/t28-/m0/s1. The average Bonchev–Trinajstić information content (AvgIpc) is 2.86. The van der Waals surface area contributed by atoms with Crippen LogP contribution in [-0.4, -0.2) is 35.1 Å². The van der Waals surface area contributed by atoms with E-state index in [0.717, 1.165) is 20.5 Å². The quantitative estimate of drug-likeness (QED) is 0.249.